The number of nitrogens with zero attached hydrogens (tertiary/aromatic N) is 3. The lowest BCUT2D eigenvalue weighted by molar-refractivity contribution is -0.130. The highest BCUT2D eigenvalue weighted by Gasteiger charge is 2.25. The fourth-order valence-corrected chi connectivity index (χ4v) is 4.17. The lowest BCUT2D eigenvalue weighted by Gasteiger charge is -2.26. The number of carbonyl (C=O) groups is 1. The van der Waals surface area contributed by atoms with E-state index in [-0.39, 0.29) is 12.0 Å². The lowest BCUT2D eigenvalue weighted by atomic mass is 10.0. The average molecular weight is 402 g/mol. The van der Waals surface area contributed by atoms with Crippen LogP contribution in [0.15, 0.2) is 6.20 Å². The largest absolute Gasteiger partial charge is 0.381 e. The van der Waals surface area contributed by atoms with Crippen molar-refractivity contribution in [2.24, 2.45) is 0 Å². The Kier molecular flexibility index (Phi) is 6.30. The summed E-state index contributed by atoms with van der Waals surface area (Å²) in [7, 11) is 0. The molecule has 0 aromatic carbocycles. The topological polar surface area (TPSA) is 90.3 Å². The smallest absolute Gasteiger partial charge is 0.249 e. The molecule has 0 saturated carbocycles. The average Bonchev–Trinajstić information content (AvgIpc) is 3.43. The molecule has 1 amide bonds. The molecule has 8 nitrogen and oxygen atoms in total. The summed E-state index contributed by atoms with van der Waals surface area (Å²) in [5, 5.41) is 12.4. The number of aromatic nitrogens is 3. The van der Waals surface area contributed by atoms with E-state index in [2.05, 4.69) is 29.6 Å². The van der Waals surface area contributed by atoms with Crippen LogP contribution in [0.3, 0.4) is 0 Å². The molecule has 8 heteroatoms. The molecule has 2 aliphatic rings. The van der Waals surface area contributed by atoms with Crippen molar-refractivity contribution in [2.75, 3.05) is 25.1 Å². The van der Waals surface area contributed by atoms with Gasteiger partial charge in [0.2, 0.25) is 5.91 Å². The second kappa shape index (κ2) is 9.09. The number of carbonyl (C=O) groups excluding carboxylic acids is 1. The van der Waals surface area contributed by atoms with Crippen LogP contribution in [0.2, 0.25) is 0 Å². The molecule has 2 aromatic rings. The van der Waals surface area contributed by atoms with Crippen LogP contribution in [0.1, 0.15) is 50.8 Å². The third kappa shape index (κ3) is 4.23. The number of pyridine rings is 1. The summed E-state index contributed by atoms with van der Waals surface area (Å²) in [5.74, 6) is -0.0362. The molecule has 4 rings (SSSR count). The fourth-order valence-electron chi connectivity index (χ4n) is 4.17. The van der Waals surface area contributed by atoms with Gasteiger partial charge in [-0.15, -0.1) is 0 Å². The number of anilines is 1. The number of nitrogens with one attached hydrogen (secondary N) is 2. The number of hydrogen-bond donors (Lipinski definition) is 2. The van der Waals surface area contributed by atoms with Crippen LogP contribution >= 0.6 is 0 Å². The van der Waals surface area contributed by atoms with Crippen LogP contribution in [0.4, 0.5) is 5.69 Å². The number of ether oxygens (including phenoxy) is 2. The van der Waals surface area contributed by atoms with Crippen LogP contribution in [0.25, 0.3) is 11.0 Å². The summed E-state index contributed by atoms with van der Waals surface area (Å²) in [6.45, 7) is 7.58. The Bertz CT molecular complexity index is 854. The van der Waals surface area contributed by atoms with Crippen molar-refractivity contribution in [2.45, 2.75) is 71.2 Å². The minimum atomic E-state index is -0.327. The van der Waals surface area contributed by atoms with Gasteiger partial charge in [0, 0.05) is 50.2 Å². The van der Waals surface area contributed by atoms with E-state index in [1.54, 1.807) is 0 Å². The van der Waals surface area contributed by atoms with Crippen molar-refractivity contribution in [1.29, 1.82) is 0 Å². The van der Waals surface area contributed by atoms with Crippen molar-refractivity contribution in [3.05, 3.63) is 17.5 Å². The van der Waals surface area contributed by atoms with E-state index < -0.39 is 0 Å². The molecule has 0 spiro atoms. The highest BCUT2D eigenvalue weighted by Crippen LogP contribution is 2.31. The molecule has 1 atom stereocenters. The van der Waals surface area contributed by atoms with E-state index in [4.69, 9.17) is 14.5 Å². The molecule has 2 fully saturated rings. The summed E-state index contributed by atoms with van der Waals surface area (Å²) in [5.41, 5.74) is 3.99. The van der Waals surface area contributed by atoms with E-state index in [0.29, 0.717) is 19.2 Å². The standard InChI is InChI=1S/C21H31N5O3/c1-3-17-15(12-22-21(27)18-6-5-9-29-18)19(24-14-7-10-28-11-8-14)16-13-23-26(4-2)20(16)25-17/h13-14,18H,3-12H2,1-2H3,(H,22,27)(H,24,25). The van der Waals surface area contributed by atoms with Crippen molar-refractivity contribution in [3.8, 4) is 0 Å². The first-order valence-electron chi connectivity index (χ1n) is 10.8. The van der Waals surface area contributed by atoms with Crippen LogP contribution in [-0.4, -0.2) is 52.6 Å². The predicted octanol–water partition coefficient (Wildman–Crippen LogP) is 2.40. The molecule has 0 bridgehead atoms. The van der Waals surface area contributed by atoms with Crippen LogP contribution in [-0.2, 0) is 33.8 Å². The van der Waals surface area contributed by atoms with Gasteiger partial charge in [0.25, 0.3) is 0 Å². The molecular formula is C21H31N5O3. The number of amides is 1. The molecule has 0 radical (unpaired) electrons. The summed E-state index contributed by atoms with van der Waals surface area (Å²) >= 11 is 0. The molecule has 0 aliphatic carbocycles. The maximum Gasteiger partial charge on any atom is 0.249 e. The first kappa shape index (κ1) is 20.1. The Morgan fingerprint density at radius 3 is 2.76 bits per heavy atom. The van der Waals surface area contributed by atoms with Gasteiger partial charge in [-0.25, -0.2) is 9.67 Å². The van der Waals surface area contributed by atoms with E-state index in [1.165, 1.54) is 0 Å². The maximum absolute atomic E-state index is 12.5. The quantitative estimate of drug-likeness (QED) is 0.740. The van der Waals surface area contributed by atoms with E-state index in [0.717, 1.165) is 79.8 Å². The van der Waals surface area contributed by atoms with Gasteiger partial charge in [0.1, 0.15) is 6.10 Å². The second-order valence-electron chi connectivity index (χ2n) is 7.71. The molecule has 158 valence electrons. The summed E-state index contributed by atoms with van der Waals surface area (Å²) in [6, 6.07) is 0.344. The Morgan fingerprint density at radius 1 is 1.24 bits per heavy atom. The number of aryl methyl sites for hydroxylation is 2. The minimum Gasteiger partial charge on any atom is -0.381 e. The van der Waals surface area contributed by atoms with E-state index in [9.17, 15) is 4.79 Å². The summed E-state index contributed by atoms with van der Waals surface area (Å²) in [4.78, 5) is 17.4. The number of rotatable bonds is 7. The normalized spacial score (nSPS) is 20.3. The SMILES string of the molecule is CCc1nc2c(cnn2CC)c(NC2CCOCC2)c1CNC(=O)C1CCCO1. The maximum atomic E-state index is 12.5. The van der Waals surface area contributed by atoms with Gasteiger partial charge < -0.3 is 20.1 Å². The Labute approximate surface area is 171 Å². The molecule has 1 unspecified atom stereocenters. The molecular weight excluding hydrogens is 370 g/mol. The zero-order chi connectivity index (χ0) is 20.2. The van der Waals surface area contributed by atoms with Gasteiger partial charge >= 0.3 is 0 Å². The highest BCUT2D eigenvalue weighted by atomic mass is 16.5. The fraction of sp³-hybridized carbons (Fsp3) is 0.667. The number of fused-ring (bicyclic) bond motifs is 1. The molecule has 29 heavy (non-hydrogen) atoms. The van der Waals surface area contributed by atoms with Gasteiger partial charge in [0.15, 0.2) is 5.65 Å². The third-order valence-corrected chi connectivity index (χ3v) is 5.84. The van der Waals surface area contributed by atoms with Gasteiger partial charge in [0.05, 0.1) is 17.3 Å². The van der Waals surface area contributed by atoms with E-state index in [1.807, 2.05) is 10.9 Å². The Morgan fingerprint density at radius 2 is 2.07 bits per heavy atom. The van der Waals surface area contributed by atoms with Gasteiger partial charge in [-0.2, -0.15) is 5.10 Å². The van der Waals surface area contributed by atoms with Crippen LogP contribution < -0.4 is 10.6 Å². The van der Waals surface area contributed by atoms with Gasteiger partial charge in [-0.1, -0.05) is 6.92 Å². The van der Waals surface area contributed by atoms with Gasteiger partial charge in [-0.05, 0) is 39.0 Å². The van der Waals surface area contributed by atoms with Crippen molar-refractivity contribution < 1.29 is 14.3 Å². The Hall–Kier alpha value is -2.19. The minimum absolute atomic E-state index is 0.0362. The molecule has 2 aromatic heterocycles. The van der Waals surface area contributed by atoms with Gasteiger partial charge in [-0.3, -0.25) is 4.79 Å². The monoisotopic (exact) mass is 401 g/mol. The second-order valence-corrected chi connectivity index (χ2v) is 7.71. The van der Waals surface area contributed by atoms with Crippen LogP contribution in [0, 0.1) is 0 Å². The third-order valence-electron chi connectivity index (χ3n) is 5.84. The zero-order valence-electron chi connectivity index (χ0n) is 17.4. The molecule has 2 N–H and O–H groups in total. The zero-order valence-corrected chi connectivity index (χ0v) is 17.4. The highest BCUT2D eigenvalue weighted by molar-refractivity contribution is 5.92. The van der Waals surface area contributed by atoms with Crippen molar-refractivity contribution in [3.63, 3.8) is 0 Å². The Balaban J connectivity index is 1.67. The summed E-state index contributed by atoms with van der Waals surface area (Å²) < 4.78 is 13.0. The lowest BCUT2D eigenvalue weighted by Crippen LogP contribution is -2.34. The number of hydrogen-bond acceptors (Lipinski definition) is 6. The van der Waals surface area contributed by atoms with Crippen molar-refractivity contribution in [1.82, 2.24) is 20.1 Å². The summed E-state index contributed by atoms with van der Waals surface area (Å²) in [6.07, 6.45) is 6.02. The molecule has 2 aliphatic heterocycles. The molecule has 4 heterocycles. The first-order valence-corrected chi connectivity index (χ1v) is 10.8. The van der Waals surface area contributed by atoms with Crippen molar-refractivity contribution >= 4 is 22.6 Å². The first-order chi connectivity index (χ1) is 14.2. The van der Waals surface area contributed by atoms with E-state index >= 15 is 0 Å². The molecule has 2 saturated heterocycles. The van der Waals surface area contributed by atoms with Crippen LogP contribution in [0.5, 0.6) is 0 Å². The predicted molar refractivity (Wildman–Crippen MR) is 111 cm³/mol.